The monoisotopic (exact) mass is 274 g/mol. The van der Waals surface area contributed by atoms with Gasteiger partial charge in [-0.3, -0.25) is 4.79 Å². The van der Waals surface area contributed by atoms with Crippen molar-refractivity contribution in [3.8, 4) is 0 Å². The van der Waals surface area contributed by atoms with Crippen molar-refractivity contribution in [1.82, 2.24) is 5.01 Å². The van der Waals surface area contributed by atoms with Crippen molar-refractivity contribution < 1.29 is 9.53 Å². The van der Waals surface area contributed by atoms with Crippen LogP contribution in [0.5, 0.6) is 0 Å². The van der Waals surface area contributed by atoms with Crippen LogP contribution in [-0.2, 0) is 16.1 Å². The van der Waals surface area contributed by atoms with Gasteiger partial charge in [0.05, 0.1) is 13.2 Å². The Labute approximate surface area is 120 Å². The Kier molecular flexibility index (Phi) is 4.42. The van der Waals surface area contributed by atoms with Crippen LogP contribution in [0, 0.1) is 5.41 Å². The summed E-state index contributed by atoms with van der Waals surface area (Å²) in [7, 11) is 0. The third kappa shape index (κ3) is 3.00. The molecule has 0 aromatic heterocycles. The maximum Gasteiger partial charge on any atom is 0.258 e. The first kappa shape index (κ1) is 14.6. The molecule has 1 aromatic rings. The molecule has 1 aliphatic heterocycles. The number of hydrogen-bond acceptors (Lipinski definition) is 3. The van der Waals surface area contributed by atoms with E-state index in [1.165, 1.54) is 5.01 Å². The quantitative estimate of drug-likeness (QED) is 0.774. The fourth-order valence-corrected chi connectivity index (χ4v) is 2.08. The van der Waals surface area contributed by atoms with Crippen LogP contribution in [-0.4, -0.2) is 23.4 Å². The number of carbonyl (C=O) groups excluding carboxylic acids is 1. The van der Waals surface area contributed by atoms with Crippen LogP contribution in [0.1, 0.15) is 39.2 Å². The van der Waals surface area contributed by atoms with Crippen molar-refractivity contribution in [3.63, 3.8) is 0 Å². The van der Waals surface area contributed by atoms with Crippen molar-refractivity contribution in [2.45, 2.75) is 40.2 Å². The molecule has 1 amide bonds. The first-order chi connectivity index (χ1) is 9.55. The molecule has 0 bridgehead atoms. The van der Waals surface area contributed by atoms with Gasteiger partial charge in [-0.15, -0.1) is 5.10 Å². The summed E-state index contributed by atoms with van der Waals surface area (Å²) in [5, 5.41) is 5.88. The second-order valence-corrected chi connectivity index (χ2v) is 5.58. The van der Waals surface area contributed by atoms with Crippen LogP contribution in [0.15, 0.2) is 35.4 Å². The molecule has 0 fully saturated rings. The van der Waals surface area contributed by atoms with Crippen molar-refractivity contribution in [1.29, 1.82) is 0 Å². The summed E-state index contributed by atoms with van der Waals surface area (Å²) >= 11 is 0. The summed E-state index contributed by atoms with van der Waals surface area (Å²) in [6, 6.07) is 9.87. The lowest BCUT2D eigenvalue weighted by Crippen LogP contribution is -2.35. The summed E-state index contributed by atoms with van der Waals surface area (Å²) in [4.78, 5) is 12.4. The Bertz CT molecular complexity index is 494. The van der Waals surface area contributed by atoms with Gasteiger partial charge in [-0.25, -0.2) is 5.01 Å². The zero-order chi connectivity index (χ0) is 14.6. The van der Waals surface area contributed by atoms with Gasteiger partial charge in [0.15, 0.2) is 0 Å². The molecule has 0 atom stereocenters. The highest BCUT2D eigenvalue weighted by Gasteiger charge is 2.45. The molecule has 0 saturated carbocycles. The molecule has 1 aromatic carbocycles. The van der Waals surface area contributed by atoms with E-state index in [1.54, 1.807) is 0 Å². The van der Waals surface area contributed by atoms with E-state index in [2.05, 4.69) is 12.0 Å². The van der Waals surface area contributed by atoms with Gasteiger partial charge in [0.2, 0.25) is 5.90 Å². The van der Waals surface area contributed by atoms with Crippen LogP contribution in [0.2, 0.25) is 0 Å². The number of carbonyl (C=O) groups is 1. The van der Waals surface area contributed by atoms with Gasteiger partial charge in [-0.05, 0) is 25.8 Å². The lowest BCUT2D eigenvalue weighted by molar-refractivity contribution is -0.135. The van der Waals surface area contributed by atoms with Gasteiger partial charge in [0.25, 0.3) is 5.91 Å². The molecule has 0 spiro atoms. The summed E-state index contributed by atoms with van der Waals surface area (Å²) in [5.41, 5.74) is 0.401. The fraction of sp³-hybridized carbons (Fsp3) is 0.500. The van der Waals surface area contributed by atoms with Crippen LogP contribution < -0.4 is 0 Å². The summed E-state index contributed by atoms with van der Waals surface area (Å²) < 4.78 is 5.68. The van der Waals surface area contributed by atoms with Crippen LogP contribution in [0.25, 0.3) is 0 Å². The van der Waals surface area contributed by atoms with E-state index >= 15 is 0 Å². The van der Waals surface area contributed by atoms with Gasteiger partial charge in [0, 0.05) is 0 Å². The molecular weight excluding hydrogens is 252 g/mol. The lowest BCUT2D eigenvalue weighted by atomic mass is 9.93. The molecule has 0 N–H and O–H groups in total. The molecule has 4 heteroatoms. The average molecular weight is 274 g/mol. The molecule has 0 aliphatic carbocycles. The topological polar surface area (TPSA) is 41.9 Å². The minimum Gasteiger partial charge on any atom is -0.479 e. The van der Waals surface area contributed by atoms with E-state index in [4.69, 9.17) is 4.74 Å². The Morgan fingerprint density at radius 1 is 1.25 bits per heavy atom. The summed E-state index contributed by atoms with van der Waals surface area (Å²) in [6.45, 7) is 6.95. The van der Waals surface area contributed by atoms with E-state index < -0.39 is 5.41 Å². The maximum absolute atomic E-state index is 12.4. The summed E-state index contributed by atoms with van der Waals surface area (Å²) in [6.07, 6.45) is 2.04. The third-order valence-electron chi connectivity index (χ3n) is 3.43. The predicted molar refractivity (Wildman–Crippen MR) is 79.1 cm³/mol. The number of hydrazone groups is 1. The van der Waals surface area contributed by atoms with Crippen molar-refractivity contribution >= 4 is 11.8 Å². The number of amides is 1. The molecule has 0 unspecified atom stereocenters. The van der Waals surface area contributed by atoms with E-state index in [9.17, 15) is 4.79 Å². The normalized spacial score (nSPS) is 17.2. The van der Waals surface area contributed by atoms with Gasteiger partial charge in [0.1, 0.15) is 5.41 Å². The van der Waals surface area contributed by atoms with Crippen LogP contribution in [0.3, 0.4) is 0 Å². The molecule has 0 radical (unpaired) electrons. The molecule has 1 aliphatic rings. The number of hydrogen-bond donors (Lipinski definition) is 0. The standard InChI is InChI=1S/C16H22N2O2/c1-4-5-11-20-14-16(2,3)15(19)18(17-14)12-13-9-7-6-8-10-13/h6-10H,4-5,11-12H2,1-3H3. The molecule has 20 heavy (non-hydrogen) atoms. The second-order valence-electron chi connectivity index (χ2n) is 5.58. The van der Waals surface area contributed by atoms with E-state index in [0.29, 0.717) is 19.0 Å². The van der Waals surface area contributed by atoms with Crippen molar-refractivity contribution in [2.75, 3.05) is 6.61 Å². The first-order valence-electron chi connectivity index (χ1n) is 7.13. The summed E-state index contributed by atoms with van der Waals surface area (Å²) in [5.74, 6) is 0.528. The Hall–Kier alpha value is -1.84. The second kappa shape index (κ2) is 6.07. The van der Waals surface area contributed by atoms with E-state index in [0.717, 1.165) is 18.4 Å². The van der Waals surface area contributed by atoms with Gasteiger partial charge >= 0.3 is 0 Å². The number of rotatable bonds is 5. The Balaban J connectivity index is 2.08. The van der Waals surface area contributed by atoms with Gasteiger partial charge in [-0.1, -0.05) is 43.7 Å². The predicted octanol–water partition coefficient (Wildman–Crippen LogP) is 3.19. The number of unbranched alkanes of at least 4 members (excludes halogenated alkanes) is 1. The third-order valence-corrected chi connectivity index (χ3v) is 3.43. The van der Waals surface area contributed by atoms with Gasteiger partial charge in [-0.2, -0.15) is 0 Å². The number of nitrogens with zero attached hydrogens (tertiary/aromatic N) is 2. The molecule has 108 valence electrons. The van der Waals surface area contributed by atoms with Crippen molar-refractivity contribution in [2.24, 2.45) is 10.5 Å². The highest BCUT2D eigenvalue weighted by atomic mass is 16.5. The molecular formula is C16H22N2O2. The zero-order valence-corrected chi connectivity index (χ0v) is 12.4. The lowest BCUT2D eigenvalue weighted by Gasteiger charge is -2.19. The van der Waals surface area contributed by atoms with Crippen LogP contribution >= 0.6 is 0 Å². The largest absolute Gasteiger partial charge is 0.479 e. The zero-order valence-electron chi connectivity index (χ0n) is 12.4. The minimum atomic E-state index is -0.664. The smallest absolute Gasteiger partial charge is 0.258 e. The minimum absolute atomic E-state index is 0.00662. The van der Waals surface area contributed by atoms with Gasteiger partial charge < -0.3 is 4.74 Å². The highest BCUT2D eigenvalue weighted by molar-refractivity contribution is 6.07. The average Bonchev–Trinajstić information content (AvgIpc) is 2.64. The maximum atomic E-state index is 12.4. The Morgan fingerprint density at radius 3 is 2.60 bits per heavy atom. The molecule has 2 rings (SSSR count). The van der Waals surface area contributed by atoms with E-state index in [-0.39, 0.29) is 5.91 Å². The highest BCUT2D eigenvalue weighted by Crippen LogP contribution is 2.30. The Morgan fingerprint density at radius 2 is 1.95 bits per heavy atom. The van der Waals surface area contributed by atoms with Crippen molar-refractivity contribution in [3.05, 3.63) is 35.9 Å². The SMILES string of the molecule is CCCCOC1=NN(Cc2ccccc2)C(=O)C1(C)C. The van der Waals surface area contributed by atoms with Crippen LogP contribution in [0.4, 0.5) is 0 Å². The molecule has 4 nitrogen and oxygen atoms in total. The molecule has 0 saturated heterocycles. The number of benzene rings is 1. The molecule has 1 heterocycles. The fourth-order valence-electron chi connectivity index (χ4n) is 2.08. The van der Waals surface area contributed by atoms with E-state index in [1.807, 2.05) is 44.2 Å². The first-order valence-corrected chi connectivity index (χ1v) is 7.13. The number of ether oxygens (including phenoxy) is 1.